The van der Waals surface area contributed by atoms with Gasteiger partial charge in [-0.2, -0.15) is 5.10 Å². The van der Waals surface area contributed by atoms with Gasteiger partial charge in [-0.15, -0.1) is 0 Å². The van der Waals surface area contributed by atoms with E-state index in [0.717, 1.165) is 33.9 Å². The molecule has 4 aromatic rings. The molecule has 2 aromatic carbocycles. The predicted octanol–water partition coefficient (Wildman–Crippen LogP) is 4.51. The lowest BCUT2D eigenvalue weighted by atomic mass is 10.1. The van der Waals surface area contributed by atoms with Crippen LogP contribution in [0.2, 0.25) is 0 Å². The van der Waals surface area contributed by atoms with Gasteiger partial charge in [0.05, 0.1) is 17.1 Å². The van der Waals surface area contributed by atoms with Crippen molar-refractivity contribution in [2.45, 2.75) is 20.8 Å². The highest BCUT2D eigenvalue weighted by Gasteiger charge is 2.12. The molecule has 1 N–H and O–H groups in total. The smallest absolute Gasteiger partial charge is 0.258 e. The number of carbonyl (C=O) groups is 1. The zero-order valence-electron chi connectivity index (χ0n) is 16.5. The molecule has 29 heavy (non-hydrogen) atoms. The highest BCUT2D eigenvalue weighted by Crippen LogP contribution is 2.21. The minimum absolute atomic E-state index is 0.257. The van der Waals surface area contributed by atoms with Crippen LogP contribution in [0.4, 0.5) is 5.95 Å². The molecule has 0 bridgehead atoms. The first-order valence-corrected chi connectivity index (χ1v) is 9.35. The van der Waals surface area contributed by atoms with Gasteiger partial charge in [0.15, 0.2) is 0 Å². The number of anilines is 1. The van der Waals surface area contributed by atoms with E-state index in [0.29, 0.717) is 5.56 Å². The second-order valence-electron chi connectivity index (χ2n) is 6.93. The van der Waals surface area contributed by atoms with E-state index in [9.17, 15) is 4.79 Å². The van der Waals surface area contributed by atoms with E-state index in [4.69, 9.17) is 0 Å². The molecule has 0 fully saturated rings. The summed E-state index contributed by atoms with van der Waals surface area (Å²) in [5, 5.41) is 7.25. The lowest BCUT2D eigenvalue weighted by molar-refractivity contribution is 0.102. The summed E-state index contributed by atoms with van der Waals surface area (Å²) in [5.41, 5.74) is 6.17. The lowest BCUT2D eigenvalue weighted by Crippen LogP contribution is -2.15. The highest BCUT2D eigenvalue weighted by molar-refractivity contribution is 6.03. The topological polar surface area (TPSA) is 72.7 Å². The molecule has 0 aliphatic carbocycles. The summed E-state index contributed by atoms with van der Waals surface area (Å²) in [5.74, 6) is 0.0230. The molecule has 0 saturated carbocycles. The van der Waals surface area contributed by atoms with Crippen LogP contribution >= 0.6 is 0 Å². The van der Waals surface area contributed by atoms with Crippen LogP contribution in [0, 0.1) is 20.8 Å². The maximum absolute atomic E-state index is 12.7. The Kier molecular flexibility index (Phi) is 4.91. The van der Waals surface area contributed by atoms with Crippen molar-refractivity contribution in [3.8, 4) is 16.9 Å². The van der Waals surface area contributed by atoms with Crippen molar-refractivity contribution in [3.05, 3.63) is 89.4 Å². The number of carbonyl (C=O) groups excluding carboxylic acids is 1. The molecule has 144 valence electrons. The average molecular weight is 383 g/mol. The number of hydrogen-bond donors (Lipinski definition) is 1. The minimum Gasteiger partial charge on any atom is -0.290 e. The van der Waals surface area contributed by atoms with Crippen molar-refractivity contribution < 1.29 is 4.79 Å². The zero-order chi connectivity index (χ0) is 20.4. The minimum atomic E-state index is -0.257. The van der Waals surface area contributed by atoms with Gasteiger partial charge >= 0.3 is 0 Å². The first-order valence-electron chi connectivity index (χ1n) is 9.35. The maximum Gasteiger partial charge on any atom is 0.258 e. The van der Waals surface area contributed by atoms with Crippen molar-refractivity contribution in [2.75, 3.05) is 5.32 Å². The van der Waals surface area contributed by atoms with Gasteiger partial charge in [-0.05, 0) is 56.7 Å². The Morgan fingerprint density at radius 1 is 0.966 bits per heavy atom. The summed E-state index contributed by atoms with van der Waals surface area (Å²) in [7, 11) is 0. The highest BCUT2D eigenvalue weighted by atomic mass is 16.1. The SMILES string of the molecule is Cc1cc(C)n(-c2ccc(C(=O)Nc3ncc(C)c(-c4ccccc4)n3)cc2)n1. The maximum atomic E-state index is 12.7. The van der Waals surface area contributed by atoms with Crippen LogP contribution in [0.5, 0.6) is 0 Å². The molecule has 0 unspecified atom stereocenters. The van der Waals surface area contributed by atoms with Crippen molar-refractivity contribution in [2.24, 2.45) is 0 Å². The Morgan fingerprint density at radius 3 is 2.34 bits per heavy atom. The summed E-state index contributed by atoms with van der Waals surface area (Å²) in [6.45, 7) is 5.90. The summed E-state index contributed by atoms with van der Waals surface area (Å²) >= 11 is 0. The standard InChI is InChI=1S/C23H21N5O/c1-15-14-24-23(25-21(15)18-7-5-4-6-8-18)26-22(29)19-9-11-20(12-10-19)28-17(3)13-16(2)27-28/h4-14H,1-3H3,(H,24,25,26,29). The number of aromatic nitrogens is 4. The summed E-state index contributed by atoms with van der Waals surface area (Å²) in [6.07, 6.45) is 1.72. The van der Waals surface area contributed by atoms with E-state index in [1.807, 2.05) is 74.0 Å². The molecule has 6 heteroatoms. The van der Waals surface area contributed by atoms with Crippen LogP contribution in [0.25, 0.3) is 16.9 Å². The largest absolute Gasteiger partial charge is 0.290 e. The second kappa shape index (κ2) is 7.67. The van der Waals surface area contributed by atoms with Gasteiger partial charge < -0.3 is 0 Å². The van der Waals surface area contributed by atoms with Crippen molar-refractivity contribution >= 4 is 11.9 Å². The van der Waals surface area contributed by atoms with E-state index in [2.05, 4.69) is 20.4 Å². The fourth-order valence-corrected chi connectivity index (χ4v) is 3.21. The average Bonchev–Trinajstić information content (AvgIpc) is 3.08. The predicted molar refractivity (Wildman–Crippen MR) is 113 cm³/mol. The Labute approximate surface area is 169 Å². The van der Waals surface area contributed by atoms with Crippen LogP contribution in [0.1, 0.15) is 27.3 Å². The van der Waals surface area contributed by atoms with Gasteiger partial charge in [-0.1, -0.05) is 30.3 Å². The number of aryl methyl sites for hydroxylation is 3. The third kappa shape index (κ3) is 3.91. The number of amides is 1. The third-order valence-electron chi connectivity index (χ3n) is 4.63. The monoisotopic (exact) mass is 383 g/mol. The Balaban J connectivity index is 1.55. The molecule has 0 aliphatic rings. The Morgan fingerprint density at radius 2 is 1.69 bits per heavy atom. The van der Waals surface area contributed by atoms with Crippen molar-refractivity contribution in [1.82, 2.24) is 19.7 Å². The van der Waals surface area contributed by atoms with Crippen molar-refractivity contribution in [3.63, 3.8) is 0 Å². The number of nitrogens with one attached hydrogen (secondary N) is 1. The molecular formula is C23H21N5O. The van der Waals surface area contributed by atoms with E-state index in [1.54, 1.807) is 18.3 Å². The van der Waals surface area contributed by atoms with Crippen LogP contribution in [-0.4, -0.2) is 25.7 Å². The fourth-order valence-electron chi connectivity index (χ4n) is 3.21. The van der Waals surface area contributed by atoms with Crippen molar-refractivity contribution in [1.29, 1.82) is 0 Å². The molecule has 0 aliphatic heterocycles. The van der Waals surface area contributed by atoms with Gasteiger partial charge in [-0.3, -0.25) is 10.1 Å². The first kappa shape index (κ1) is 18.6. The zero-order valence-corrected chi connectivity index (χ0v) is 16.5. The molecule has 4 rings (SSSR count). The molecule has 0 spiro atoms. The van der Waals surface area contributed by atoms with Crippen LogP contribution in [0.15, 0.2) is 66.9 Å². The molecule has 0 saturated heterocycles. The molecule has 1 amide bonds. The second-order valence-corrected chi connectivity index (χ2v) is 6.93. The number of benzene rings is 2. The number of nitrogens with zero attached hydrogens (tertiary/aromatic N) is 4. The third-order valence-corrected chi connectivity index (χ3v) is 4.63. The molecule has 2 heterocycles. The van der Waals surface area contributed by atoms with Gasteiger partial charge in [0.1, 0.15) is 0 Å². The Bertz CT molecular complexity index is 1160. The molecule has 0 atom stereocenters. The van der Waals surface area contributed by atoms with Gasteiger partial charge in [0.2, 0.25) is 5.95 Å². The van der Waals surface area contributed by atoms with Crippen LogP contribution < -0.4 is 5.32 Å². The normalized spacial score (nSPS) is 10.7. The van der Waals surface area contributed by atoms with E-state index >= 15 is 0 Å². The summed E-state index contributed by atoms with van der Waals surface area (Å²) < 4.78 is 1.85. The first-order chi connectivity index (χ1) is 14.0. The lowest BCUT2D eigenvalue weighted by Gasteiger charge is -2.09. The van der Waals surface area contributed by atoms with Crippen LogP contribution in [0.3, 0.4) is 0 Å². The molecule has 2 aromatic heterocycles. The number of rotatable bonds is 4. The van der Waals surface area contributed by atoms with E-state index in [-0.39, 0.29) is 11.9 Å². The van der Waals surface area contributed by atoms with E-state index in [1.165, 1.54) is 0 Å². The van der Waals surface area contributed by atoms with Gasteiger partial charge in [-0.25, -0.2) is 14.6 Å². The molecule has 0 radical (unpaired) electrons. The van der Waals surface area contributed by atoms with E-state index < -0.39 is 0 Å². The van der Waals surface area contributed by atoms with Gasteiger partial charge in [0, 0.05) is 23.0 Å². The van der Waals surface area contributed by atoms with Crippen LogP contribution in [-0.2, 0) is 0 Å². The molecular weight excluding hydrogens is 362 g/mol. The quantitative estimate of drug-likeness (QED) is 0.563. The summed E-state index contributed by atoms with van der Waals surface area (Å²) in [4.78, 5) is 21.4. The number of hydrogen-bond acceptors (Lipinski definition) is 4. The van der Waals surface area contributed by atoms with Gasteiger partial charge in [0.25, 0.3) is 5.91 Å². The molecule has 6 nitrogen and oxygen atoms in total. The summed E-state index contributed by atoms with van der Waals surface area (Å²) in [6, 6.07) is 19.1. The fraction of sp³-hybridized carbons (Fsp3) is 0.130. The Hall–Kier alpha value is -3.80.